The Bertz CT molecular complexity index is 2470. The quantitative estimate of drug-likeness (QED) is 0.0239. The number of amides is 4. The van der Waals surface area contributed by atoms with E-state index < -0.39 is 59.7 Å². The summed E-state index contributed by atoms with van der Waals surface area (Å²) in [4.78, 5) is 83.6. The molecule has 388 valence electrons. The molecule has 1 unspecified atom stereocenters. The number of carbonyl (C=O) groups is 6. The summed E-state index contributed by atoms with van der Waals surface area (Å²) in [6, 6.07) is 20.6. The van der Waals surface area contributed by atoms with Crippen LogP contribution in [0.15, 0.2) is 84.9 Å². The summed E-state index contributed by atoms with van der Waals surface area (Å²) in [5.41, 5.74) is 22.6. The minimum Gasteiger partial charge on any atom is -0.492 e. The standard InChI is InChI=1S/C56H75N7O9/c1-6-7-8-9-11-14-39-18-22-43(36(3)31-39)53(66)62-47(25-26-57)51(64)35(2)17-21-44-41-20-24-50(71-30-28-59)46(34-41)45-32-40(19-23-49(45)70-29-27-58)33-48(63-52(65)37(4)60-54(44)67)55(68)61-38(5)56(69)72-42-15-12-10-13-16-42/h10,12-13,15-16,18-20,22-24,31-32,34-35,37-38,44,47-48H,6-9,11,14,17,21,25-30,33,57-59H2,1-5H3,(H,60,67)(H,61,68)(H,62,66)(H,63,65)/t35?,37-,38-,44-,47-,48-/m0/s1. The second kappa shape index (κ2) is 28.4. The molecule has 1 aliphatic heterocycles. The van der Waals surface area contributed by atoms with Crippen molar-refractivity contribution in [3.63, 3.8) is 0 Å². The van der Waals surface area contributed by atoms with E-state index in [9.17, 15) is 28.8 Å². The number of hydrogen-bond donors (Lipinski definition) is 7. The van der Waals surface area contributed by atoms with Gasteiger partial charge in [-0.3, -0.25) is 24.0 Å². The molecular weight excluding hydrogens is 915 g/mol. The molecule has 0 radical (unpaired) electrons. The first-order valence-corrected chi connectivity index (χ1v) is 25.4. The smallest absolute Gasteiger partial charge is 0.333 e. The van der Waals surface area contributed by atoms with Gasteiger partial charge in [-0.05, 0) is 124 Å². The molecule has 0 saturated heterocycles. The number of fused-ring (bicyclic) bond motifs is 5. The van der Waals surface area contributed by atoms with E-state index in [-0.39, 0.29) is 70.2 Å². The summed E-state index contributed by atoms with van der Waals surface area (Å²) >= 11 is 0. The minimum absolute atomic E-state index is 0.0210. The Morgan fingerprint density at radius 1 is 0.750 bits per heavy atom. The predicted octanol–water partition coefficient (Wildman–Crippen LogP) is 5.72. The lowest BCUT2D eigenvalue weighted by molar-refractivity contribution is -0.139. The highest BCUT2D eigenvalue weighted by Crippen LogP contribution is 2.40. The average molecular weight is 990 g/mol. The number of aryl methyl sites for hydroxylation is 2. The van der Waals surface area contributed by atoms with Crippen molar-refractivity contribution in [3.8, 4) is 28.4 Å². The molecule has 4 amide bonds. The van der Waals surface area contributed by atoms with Crippen LogP contribution in [0.1, 0.15) is 118 Å². The van der Waals surface area contributed by atoms with E-state index in [1.165, 1.54) is 38.7 Å². The molecule has 16 nitrogen and oxygen atoms in total. The number of hydrogen-bond acceptors (Lipinski definition) is 12. The molecule has 1 aliphatic rings. The summed E-state index contributed by atoms with van der Waals surface area (Å²) < 4.78 is 17.8. The van der Waals surface area contributed by atoms with Crippen molar-refractivity contribution in [1.82, 2.24) is 21.3 Å². The third-order valence-corrected chi connectivity index (χ3v) is 12.9. The van der Waals surface area contributed by atoms with E-state index in [2.05, 4.69) is 28.2 Å². The van der Waals surface area contributed by atoms with Crippen LogP contribution in [0.3, 0.4) is 0 Å². The third-order valence-electron chi connectivity index (χ3n) is 12.9. The van der Waals surface area contributed by atoms with Crippen molar-refractivity contribution in [3.05, 3.63) is 113 Å². The predicted molar refractivity (Wildman–Crippen MR) is 279 cm³/mol. The number of nitrogens with two attached hydrogens (primary N) is 3. The highest BCUT2D eigenvalue weighted by molar-refractivity contribution is 5.99. The number of unbranched alkanes of at least 4 members (excludes halogenated alkanes) is 4. The highest BCUT2D eigenvalue weighted by Gasteiger charge is 2.33. The summed E-state index contributed by atoms with van der Waals surface area (Å²) in [5.74, 6) is -3.44. The Balaban J connectivity index is 1.43. The molecule has 4 aromatic carbocycles. The zero-order valence-corrected chi connectivity index (χ0v) is 42.6. The zero-order chi connectivity index (χ0) is 52.2. The number of para-hydroxylation sites is 1. The monoisotopic (exact) mass is 990 g/mol. The van der Waals surface area contributed by atoms with Crippen molar-refractivity contribution >= 4 is 35.4 Å². The van der Waals surface area contributed by atoms with Crippen LogP contribution in [0.2, 0.25) is 0 Å². The number of carbonyl (C=O) groups excluding carboxylic acids is 6. The minimum atomic E-state index is -1.22. The van der Waals surface area contributed by atoms with Gasteiger partial charge in [0.1, 0.15) is 48.6 Å². The van der Waals surface area contributed by atoms with E-state index in [0.29, 0.717) is 45.1 Å². The van der Waals surface area contributed by atoms with Crippen LogP contribution in [-0.2, 0) is 36.8 Å². The summed E-state index contributed by atoms with van der Waals surface area (Å²) in [5, 5.41) is 11.3. The first-order chi connectivity index (χ1) is 34.7. The van der Waals surface area contributed by atoms with E-state index in [1.807, 2.05) is 37.3 Å². The molecule has 4 bridgehead atoms. The molecule has 16 heteroatoms. The van der Waals surface area contributed by atoms with Gasteiger partial charge >= 0.3 is 5.97 Å². The van der Waals surface area contributed by atoms with Crippen molar-refractivity contribution < 1.29 is 43.0 Å². The fourth-order valence-electron chi connectivity index (χ4n) is 8.77. The van der Waals surface area contributed by atoms with E-state index in [0.717, 1.165) is 24.8 Å². The Labute approximate surface area is 424 Å². The number of ether oxygens (including phenoxy) is 3. The first-order valence-electron chi connectivity index (χ1n) is 25.4. The summed E-state index contributed by atoms with van der Waals surface area (Å²) in [6.45, 7) is 9.80. The third kappa shape index (κ3) is 16.2. The van der Waals surface area contributed by atoms with Gasteiger partial charge in [0.2, 0.25) is 17.7 Å². The highest BCUT2D eigenvalue weighted by atomic mass is 16.5. The van der Waals surface area contributed by atoms with Crippen LogP contribution in [0.25, 0.3) is 11.1 Å². The lowest BCUT2D eigenvalue weighted by Crippen LogP contribution is -2.56. The Morgan fingerprint density at radius 2 is 1.43 bits per heavy atom. The number of Topliss-reactive ketones (excluding diaryl/α,β-unsaturated/α-hetero) is 1. The maximum Gasteiger partial charge on any atom is 0.333 e. The van der Waals surface area contributed by atoms with Crippen LogP contribution in [0, 0.1) is 12.8 Å². The van der Waals surface area contributed by atoms with Crippen molar-refractivity contribution in [1.29, 1.82) is 0 Å². The van der Waals surface area contributed by atoms with Crippen molar-refractivity contribution in [2.45, 2.75) is 129 Å². The SMILES string of the molecule is CCCCCCCc1ccc(C(=O)N[C@@H](CCN)C(=O)C(C)CC[C@@H]2C(=O)N[C@@H](C)C(=O)N[C@H](C(=O)N[C@@H](C)C(=O)Oc3ccccc3)Cc3ccc(OCCN)c(c3)-c3cc2ccc3OCCN)c(C)c1. The zero-order valence-electron chi connectivity index (χ0n) is 42.6. The van der Waals surface area contributed by atoms with Crippen LogP contribution in [-0.4, -0.2) is 92.4 Å². The second-order valence-electron chi connectivity index (χ2n) is 18.7. The molecule has 0 saturated carbocycles. The van der Waals surface area contributed by atoms with E-state index >= 15 is 0 Å². The molecule has 0 aliphatic carbocycles. The van der Waals surface area contributed by atoms with Crippen LogP contribution >= 0.6 is 0 Å². The van der Waals surface area contributed by atoms with Gasteiger partial charge in [-0.1, -0.05) is 82.0 Å². The van der Waals surface area contributed by atoms with E-state index in [4.69, 9.17) is 31.4 Å². The maximum atomic E-state index is 14.6. The van der Waals surface area contributed by atoms with Crippen molar-refractivity contribution in [2.75, 3.05) is 32.8 Å². The fourth-order valence-corrected chi connectivity index (χ4v) is 8.77. The number of rotatable bonds is 25. The molecule has 72 heavy (non-hydrogen) atoms. The van der Waals surface area contributed by atoms with Gasteiger partial charge in [0.05, 0.1) is 12.0 Å². The van der Waals surface area contributed by atoms with E-state index in [1.54, 1.807) is 61.5 Å². The number of esters is 1. The molecule has 0 fully saturated rings. The molecule has 5 rings (SSSR count). The lowest BCUT2D eigenvalue weighted by Gasteiger charge is -2.27. The topological polar surface area (TPSA) is 256 Å². The van der Waals surface area contributed by atoms with Gasteiger partial charge in [0, 0.05) is 42.1 Å². The lowest BCUT2D eigenvalue weighted by atomic mass is 9.85. The summed E-state index contributed by atoms with van der Waals surface area (Å²) in [6.07, 6.45) is 7.39. The van der Waals surface area contributed by atoms with Gasteiger partial charge in [-0.25, -0.2) is 4.79 Å². The largest absolute Gasteiger partial charge is 0.492 e. The number of nitrogens with one attached hydrogen (secondary N) is 4. The van der Waals surface area contributed by atoms with Gasteiger partial charge in [-0.2, -0.15) is 0 Å². The Hall–Kier alpha value is -6.62. The van der Waals surface area contributed by atoms with Crippen LogP contribution in [0.5, 0.6) is 17.2 Å². The number of ketones is 1. The fraction of sp³-hybridized carbons (Fsp3) is 0.464. The Kier molecular flexibility index (Phi) is 22.2. The van der Waals surface area contributed by atoms with Crippen LogP contribution in [0.4, 0.5) is 0 Å². The molecular formula is C56H75N7O9. The van der Waals surface area contributed by atoms with Gasteiger partial charge in [0.25, 0.3) is 5.91 Å². The maximum absolute atomic E-state index is 14.6. The normalized spacial score (nSPS) is 17.0. The Morgan fingerprint density at radius 3 is 2.10 bits per heavy atom. The molecule has 10 N–H and O–H groups in total. The van der Waals surface area contributed by atoms with Gasteiger partial charge in [-0.15, -0.1) is 0 Å². The first kappa shape index (κ1) is 56.3. The van der Waals surface area contributed by atoms with Crippen LogP contribution < -0.4 is 52.7 Å². The average Bonchev–Trinajstić information content (AvgIpc) is 3.36. The van der Waals surface area contributed by atoms with Crippen molar-refractivity contribution in [2.24, 2.45) is 23.1 Å². The second-order valence-corrected chi connectivity index (χ2v) is 18.7. The molecule has 0 spiro atoms. The molecule has 1 heterocycles. The molecule has 6 atom stereocenters. The number of benzene rings is 4. The molecule has 0 aromatic heterocycles. The summed E-state index contributed by atoms with van der Waals surface area (Å²) in [7, 11) is 0. The molecule has 4 aromatic rings. The van der Waals surface area contributed by atoms with Gasteiger partial charge < -0.3 is 52.7 Å². The van der Waals surface area contributed by atoms with Gasteiger partial charge in [0.15, 0.2) is 5.78 Å².